The van der Waals surface area contributed by atoms with Crippen LogP contribution in [-0.4, -0.2) is 6.29 Å². The summed E-state index contributed by atoms with van der Waals surface area (Å²) in [5, 5.41) is 0.346. The Balaban J connectivity index is 3.69. The summed E-state index contributed by atoms with van der Waals surface area (Å²) in [7, 11) is 0. The molecule has 0 saturated carbocycles. The van der Waals surface area contributed by atoms with Crippen molar-refractivity contribution in [2.24, 2.45) is 0 Å². The maximum Gasteiger partial charge on any atom is 0.142 e. The molecule has 0 atom stereocenters. The SMILES string of the molecule is O=C/C=C/C(Cl)=C/Cl. The van der Waals surface area contributed by atoms with Crippen LogP contribution in [0.3, 0.4) is 0 Å². The highest BCUT2D eigenvalue weighted by molar-refractivity contribution is 6.37. The molecule has 8 heavy (non-hydrogen) atoms. The maximum atomic E-state index is 9.61. The van der Waals surface area contributed by atoms with Crippen LogP contribution >= 0.6 is 23.2 Å². The van der Waals surface area contributed by atoms with E-state index < -0.39 is 0 Å². The molecular formula is C5H4Cl2O. The first-order chi connectivity index (χ1) is 3.81. The molecule has 0 aromatic heterocycles. The summed E-state index contributed by atoms with van der Waals surface area (Å²) in [6.45, 7) is 0. The van der Waals surface area contributed by atoms with Crippen molar-refractivity contribution in [3.05, 3.63) is 22.7 Å². The topological polar surface area (TPSA) is 17.1 Å². The third-order valence-corrected chi connectivity index (χ3v) is 1.02. The van der Waals surface area contributed by atoms with E-state index >= 15 is 0 Å². The van der Waals surface area contributed by atoms with Crippen molar-refractivity contribution in [2.45, 2.75) is 0 Å². The maximum absolute atomic E-state index is 9.61. The molecule has 0 rings (SSSR count). The van der Waals surface area contributed by atoms with E-state index in [0.717, 1.165) is 0 Å². The summed E-state index contributed by atoms with van der Waals surface area (Å²) < 4.78 is 0. The van der Waals surface area contributed by atoms with Gasteiger partial charge in [-0.1, -0.05) is 23.2 Å². The summed E-state index contributed by atoms with van der Waals surface area (Å²) in [6, 6.07) is 0. The molecule has 0 unspecified atom stereocenters. The number of rotatable bonds is 2. The van der Waals surface area contributed by atoms with Crippen molar-refractivity contribution in [1.82, 2.24) is 0 Å². The van der Waals surface area contributed by atoms with Gasteiger partial charge in [0, 0.05) is 5.54 Å². The first-order valence-electron chi connectivity index (χ1n) is 1.89. The van der Waals surface area contributed by atoms with Gasteiger partial charge in [0.2, 0.25) is 0 Å². The number of carbonyl (C=O) groups excluding carboxylic acids is 1. The molecule has 1 nitrogen and oxygen atoms in total. The Morgan fingerprint density at radius 3 is 2.50 bits per heavy atom. The lowest BCUT2D eigenvalue weighted by atomic mass is 10.5. The number of allylic oxidation sites excluding steroid dienone is 3. The quantitative estimate of drug-likeness (QED) is 0.335. The molecule has 0 radical (unpaired) electrons. The van der Waals surface area contributed by atoms with Crippen LogP contribution in [0.2, 0.25) is 0 Å². The average molecular weight is 151 g/mol. The molecule has 0 aromatic rings. The van der Waals surface area contributed by atoms with Crippen molar-refractivity contribution >= 4 is 29.5 Å². The van der Waals surface area contributed by atoms with Crippen LogP contribution in [-0.2, 0) is 4.79 Å². The Morgan fingerprint density at radius 1 is 1.50 bits per heavy atom. The van der Waals surface area contributed by atoms with Gasteiger partial charge in [-0.15, -0.1) is 0 Å². The second-order valence-electron chi connectivity index (χ2n) is 0.989. The van der Waals surface area contributed by atoms with Gasteiger partial charge in [-0.05, 0) is 12.2 Å². The van der Waals surface area contributed by atoms with Gasteiger partial charge in [0.15, 0.2) is 0 Å². The Hall–Kier alpha value is -0.270. The van der Waals surface area contributed by atoms with Crippen LogP contribution in [0.5, 0.6) is 0 Å². The zero-order valence-electron chi connectivity index (χ0n) is 3.97. The Labute approximate surface area is 57.6 Å². The first-order valence-corrected chi connectivity index (χ1v) is 2.70. The number of aldehydes is 1. The molecule has 0 bridgehead atoms. The van der Waals surface area contributed by atoms with Gasteiger partial charge in [-0.3, -0.25) is 4.79 Å². The Bertz CT molecular complexity index is 126. The monoisotopic (exact) mass is 150 g/mol. The fourth-order valence-electron chi connectivity index (χ4n) is 0.168. The van der Waals surface area contributed by atoms with Crippen LogP contribution in [0.1, 0.15) is 0 Å². The van der Waals surface area contributed by atoms with Crippen LogP contribution < -0.4 is 0 Å². The molecule has 0 aliphatic heterocycles. The predicted octanol–water partition coefficient (Wildman–Crippen LogP) is 2.06. The van der Waals surface area contributed by atoms with Crippen LogP contribution in [0.4, 0.5) is 0 Å². The second-order valence-corrected chi connectivity index (χ2v) is 1.64. The molecule has 0 N–H and O–H groups in total. The standard InChI is InChI=1S/C5H4Cl2O/c6-4-5(7)2-1-3-8/h1-4H/b2-1+,5-4-. The fraction of sp³-hybridized carbons (Fsp3) is 0. The van der Waals surface area contributed by atoms with Crippen LogP contribution in [0.25, 0.3) is 0 Å². The molecular weight excluding hydrogens is 147 g/mol. The van der Waals surface area contributed by atoms with Crippen molar-refractivity contribution in [2.75, 3.05) is 0 Å². The summed E-state index contributed by atoms with van der Waals surface area (Å²) in [5.41, 5.74) is 1.18. The average Bonchev–Trinajstić information content (AvgIpc) is 1.83. The normalized spacial score (nSPS) is 12.5. The fourth-order valence-corrected chi connectivity index (χ4v) is 0.313. The lowest BCUT2D eigenvalue weighted by Gasteiger charge is -1.76. The smallest absolute Gasteiger partial charge is 0.142 e. The molecule has 0 saturated heterocycles. The molecule has 3 heteroatoms. The molecule has 0 aromatic carbocycles. The van der Waals surface area contributed by atoms with Gasteiger partial charge in [-0.25, -0.2) is 0 Å². The van der Waals surface area contributed by atoms with Gasteiger partial charge in [0.05, 0.1) is 5.03 Å². The van der Waals surface area contributed by atoms with Gasteiger partial charge >= 0.3 is 0 Å². The summed E-state index contributed by atoms with van der Waals surface area (Å²) in [4.78, 5) is 9.61. The Kier molecular flexibility index (Phi) is 4.71. The van der Waals surface area contributed by atoms with Gasteiger partial charge < -0.3 is 0 Å². The minimum Gasteiger partial charge on any atom is -0.299 e. The van der Waals surface area contributed by atoms with Crippen LogP contribution in [0.15, 0.2) is 22.7 Å². The molecule has 0 aliphatic rings. The highest BCUT2D eigenvalue weighted by Gasteiger charge is 1.77. The number of halogens is 2. The summed E-state index contributed by atoms with van der Waals surface area (Å²) in [6.07, 6.45) is 3.30. The van der Waals surface area contributed by atoms with E-state index in [0.29, 0.717) is 11.3 Å². The summed E-state index contributed by atoms with van der Waals surface area (Å²) >= 11 is 10.5. The summed E-state index contributed by atoms with van der Waals surface area (Å²) in [5.74, 6) is 0. The van der Waals surface area contributed by atoms with E-state index in [1.807, 2.05) is 0 Å². The first kappa shape index (κ1) is 7.73. The number of carbonyl (C=O) groups is 1. The third kappa shape index (κ3) is 3.90. The van der Waals surface area contributed by atoms with Crippen molar-refractivity contribution in [1.29, 1.82) is 0 Å². The van der Waals surface area contributed by atoms with Crippen molar-refractivity contribution in [3.8, 4) is 0 Å². The Morgan fingerprint density at radius 2 is 2.12 bits per heavy atom. The third-order valence-electron chi connectivity index (χ3n) is 0.438. The lowest BCUT2D eigenvalue weighted by molar-refractivity contribution is -0.104. The largest absolute Gasteiger partial charge is 0.299 e. The molecule has 0 fully saturated rings. The molecule has 0 aliphatic carbocycles. The second kappa shape index (κ2) is 4.88. The minimum atomic E-state index is 0.346. The van der Waals surface area contributed by atoms with E-state index in [4.69, 9.17) is 23.2 Å². The predicted molar refractivity (Wildman–Crippen MR) is 35.0 cm³/mol. The van der Waals surface area contributed by atoms with E-state index in [1.54, 1.807) is 0 Å². The van der Waals surface area contributed by atoms with Gasteiger partial charge in [0.1, 0.15) is 6.29 Å². The van der Waals surface area contributed by atoms with E-state index in [1.165, 1.54) is 17.7 Å². The molecule has 0 heterocycles. The lowest BCUT2D eigenvalue weighted by Crippen LogP contribution is -1.60. The zero-order valence-corrected chi connectivity index (χ0v) is 5.49. The molecule has 0 spiro atoms. The highest BCUT2D eigenvalue weighted by atomic mass is 35.5. The van der Waals surface area contributed by atoms with E-state index in [-0.39, 0.29) is 0 Å². The number of hydrogen-bond donors (Lipinski definition) is 0. The number of hydrogen-bond acceptors (Lipinski definition) is 1. The van der Waals surface area contributed by atoms with Gasteiger partial charge in [0.25, 0.3) is 0 Å². The van der Waals surface area contributed by atoms with Crippen molar-refractivity contribution < 1.29 is 4.79 Å². The van der Waals surface area contributed by atoms with Crippen molar-refractivity contribution in [3.63, 3.8) is 0 Å². The van der Waals surface area contributed by atoms with E-state index in [9.17, 15) is 4.79 Å². The van der Waals surface area contributed by atoms with Crippen LogP contribution in [0, 0.1) is 0 Å². The molecule has 0 amide bonds. The molecule has 44 valence electrons. The zero-order chi connectivity index (χ0) is 6.41. The van der Waals surface area contributed by atoms with Gasteiger partial charge in [-0.2, -0.15) is 0 Å². The van der Waals surface area contributed by atoms with E-state index in [2.05, 4.69) is 0 Å². The highest BCUT2D eigenvalue weighted by Crippen LogP contribution is 2.02. The minimum absolute atomic E-state index is 0.346.